The van der Waals surface area contributed by atoms with Crippen molar-refractivity contribution in [2.45, 2.75) is 32.4 Å². The Bertz CT molecular complexity index is 996. The zero-order valence-corrected chi connectivity index (χ0v) is 15.8. The number of nitrogens with zero attached hydrogens (tertiary/aromatic N) is 3. The van der Waals surface area contributed by atoms with Crippen molar-refractivity contribution in [2.75, 3.05) is 11.9 Å². The van der Waals surface area contributed by atoms with Crippen molar-refractivity contribution in [1.82, 2.24) is 19.7 Å². The molecular formula is C18H22ClN5O3. The topological polar surface area (TPSA) is 94.1 Å². The molecule has 0 atom stereocenters. The summed E-state index contributed by atoms with van der Waals surface area (Å²) in [5, 5.41) is 10.8. The molecule has 1 amide bonds. The van der Waals surface area contributed by atoms with Crippen molar-refractivity contribution in [1.29, 1.82) is 0 Å². The fourth-order valence-electron chi connectivity index (χ4n) is 3.22. The third kappa shape index (κ3) is 4.06. The van der Waals surface area contributed by atoms with Crippen LogP contribution >= 0.6 is 12.4 Å². The first-order valence-corrected chi connectivity index (χ1v) is 8.76. The largest absolute Gasteiger partial charge is 0.419 e. The summed E-state index contributed by atoms with van der Waals surface area (Å²) >= 11 is 0. The maximum absolute atomic E-state index is 12.2. The van der Waals surface area contributed by atoms with Crippen molar-refractivity contribution in [3.8, 4) is 0 Å². The summed E-state index contributed by atoms with van der Waals surface area (Å²) < 4.78 is 8.60. The number of benzene rings is 1. The van der Waals surface area contributed by atoms with E-state index in [4.69, 9.17) is 4.42 Å². The maximum atomic E-state index is 12.2. The first-order valence-electron chi connectivity index (χ1n) is 8.76. The van der Waals surface area contributed by atoms with Crippen LogP contribution in [0.3, 0.4) is 0 Å². The molecule has 0 fully saturated rings. The van der Waals surface area contributed by atoms with Crippen LogP contribution in [0, 0.1) is 0 Å². The molecule has 0 radical (unpaired) electrons. The molecule has 1 aromatic carbocycles. The molecule has 9 heteroatoms. The van der Waals surface area contributed by atoms with E-state index in [2.05, 4.69) is 21.8 Å². The van der Waals surface area contributed by atoms with Crippen molar-refractivity contribution in [2.24, 2.45) is 7.05 Å². The van der Waals surface area contributed by atoms with E-state index >= 15 is 0 Å². The van der Waals surface area contributed by atoms with Gasteiger partial charge in [-0.05, 0) is 31.2 Å². The number of amides is 1. The Balaban J connectivity index is 0.00000210. The third-order valence-electron chi connectivity index (χ3n) is 4.63. The number of aromatic nitrogens is 3. The van der Waals surface area contributed by atoms with Gasteiger partial charge in [0.05, 0.1) is 16.9 Å². The van der Waals surface area contributed by atoms with Crippen molar-refractivity contribution in [3.63, 3.8) is 0 Å². The van der Waals surface area contributed by atoms with E-state index in [0.29, 0.717) is 29.6 Å². The number of hydrogen-bond donors (Lipinski definition) is 2. The Hall–Kier alpha value is -2.58. The van der Waals surface area contributed by atoms with Crippen LogP contribution in [0.1, 0.15) is 24.2 Å². The van der Waals surface area contributed by atoms with Crippen LogP contribution in [0.2, 0.25) is 0 Å². The summed E-state index contributed by atoms with van der Waals surface area (Å²) in [6.07, 6.45) is 2.00. The molecule has 8 nitrogen and oxygen atoms in total. The van der Waals surface area contributed by atoms with Gasteiger partial charge in [-0.15, -0.1) is 12.4 Å². The summed E-state index contributed by atoms with van der Waals surface area (Å²) in [7, 11) is 1.65. The van der Waals surface area contributed by atoms with Gasteiger partial charge in [0.2, 0.25) is 5.91 Å². The number of carbonyl (C=O) groups is 1. The number of rotatable bonds is 4. The van der Waals surface area contributed by atoms with E-state index < -0.39 is 5.76 Å². The van der Waals surface area contributed by atoms with E-state index in [1.165, 1.54) is 10.3 Å². The number of halogens is 1. The van der Waals surface area contributed by atoms with Gasteiger partial charge in [-0.1, -0.05) is 0 Å². The molecule has 27 heavy (non-hydrogen) atoms. The predicted octanol–water partition coefficient (Wildman–Crippen LogP) is 1.81. The lowest BCUT2D eigenvalue weighted by atomic mass is 10.2. The highest BCUT2D eigenvalue weighted by Crippen LogP contribution is 2.18. The Labute approximate surface area is 161 Å². The molecule has 0 spiro atoms. The van der Waals surface area contributed by atoms with Gasteiger partial charge >= 0.3 is 5.76 Å². The van der Waals surface area contributed by atoms with E-state index in [-0.39, 0.29) is 18.3 Å². The lowest BCUT2D eigenvalue weighted by Crippen LogP contribution is -2.13. The number of carbonyl (C=O) groups excluding carboxylic acids is 1. The lowest BCUT2D eigenvalue weighted by Gasteiger charge is -2.04. The quantitative estimate of drug-likeness (QED) is 0.707. The van der Waals surface area contributed by atoms with Crippen LogP contribution in [0.4, 0.5) is 5.69 Å². The van der Waals surface area contributed by atoms with Crippen LogP contribution in [0.5, 0.6) is 0 Å². The van der Waals surface area contributed by atoms with Gasteiger partial charge in [-0.25, -0.2) is 4.79 Å². The number of aryl methyl sites for hydroxylation is 3. The van der Waals surface area contributed by atoms with Gasteiger partial charge in [-0.2, -0.15) is 5.10 Å². The highest BCUT2D eigenvalue weighted by Gasteiger charge is 2.13. The van der Waals surface area contributed by atoms with Gasteiger partial charge in [0, 0.05) is 44.7 Å². The molecule has 1 aliphatic heterocycles. The van der Waals surface area contributed by atoms with Crippen LogP contribution < -0.4 is 16.4 Å². The first-order chi connectivity index (χ1) is 12.6. The normalized spacial score (nSPS) is 13.7. The predicted molar refractivity (Wildman–Crippen MR) is 104 cm³/mol. The molecular weight excluding hydrogens is 370 g/mol. The number of oxazole rings is 1. The molecule has 0 unspecified atom stereocenters. The summed E-state index contributed by atoms with van der Waals surface area (Å²) in [6.45, 7) is 2.74. The molecule has 2 N–H and O–H groups in total. The standard InChI is InChI=1S/C18H21N5O3.ClH/c1-22-15-5-3-12(10-16(15)26-18(22)25)20-17(24)6-4-13-9-14-11-19-7-2-8-23(14)21-13;/h3,5,9-10,19H,2,4,6-8,11H2,1H3,(H,20,24);1H. The van der Waals surface area contributed by atoms with Crippen LogP contribution in [0.25, 0.3) is 11.1 Å². The molecule has 4 rings (SSSR count). The highest BCUT2D eigenvalue weighted by atomic mass is 35.5. The van der Waals surface area contributed by atoms with Gasteiger partial charge < -0.3 is 15.1 Å². The number of hydrogen-bond acceptors (Lipinski definition) is 5. The van der Waals surface area contributed by atoms with Crippen LogP contribution in [0.15, 0.2) is 33.5 Å². The van der Waals surface area contributed by atoms with E-state index in [9.17, 15) is 9.59 Å². The molecule has 3 aromatic rings. The summed E-state index contributed by atoms with van der Waals surface area (Å²) in [5.74, 6) is -0.513. The Morgan fingerprint density at radius 1 is 1.37 bits per heavy atom. The minimum Gasteiger partial charge on any atom is -0.408 e. The average molecular weight is 392 g/mol. The van der Waals surface area contributed by atoms with E-state index in [1.807, 2.05) is 4.68 Å². The number of nitrogens with one attached hydrogen (secondary N) is 2. The third-order valence-corrected chi connectivity index (χ3v) is 4.63. The molecule has 0 bridgehead atoms. The Morgan fingerprint density at radius 2 is 2.22 bits per heavy atom. The molecule has 3 heterocycles. The second kappa shape index (κ2) is 7.98. The molecule has 144 valence electrons. The minimum absolute atomic E-state index is 0. The molecule has 2 aromatic heterocycles. The number of fused-ring (bicyclic) bond motifs is 2. The van der Waals surface area contributed by atoms with Gasteiger partial charge in [0.15, 0.2) is 5.58 Å². The SMILES string of the molecule is Cl.Cn1c(=O)oc2cc(NC(=O)CCc3cc4n(n3)CCCNC4)ccc21. The van der Waals surface area contributed by atoms with Crippen LogP contribution in [-0.4, -0.2) is 26.8 Å². The molecule has 0 saturated heterocycles. The smallest absolute Gasteiger partial charge is 0.408 e. The zero-order valence-electron chi connectivity index (χ0n) is 15.0. The fourth-order valence-corrected chi connectivity index (χ4v) is 3.22. The second-order valence-electron chi connectivity index (χ2n) is 6.54. The highest BCUT2D eigenvalue weighted by molar-refractivity contribution is 5.92. The summed E-state index contributed by atoms with van der Waals surface area (Å²) in [4.78, 5) is 23.8. The van der Waals surface area contributed by atoms with Gasteiger partial charge in [-0.3, -0.25) is 14.0 Å². The van der Waals surface area contributed by atoms with E-state index in [0.717, 1.165) is 31.7 Å². The maximum Gasteiger partial charge on any atom is 0.419 e. The second-order valence-corrected chi connectivity index (χ2v) is 6.54. The summed E-state index contributed by atoms with van der Waals surface area (Å²) in [5.41, 5.74) is 3.87. The van der Waals surface area contributed by atoms with Gasteiger partial charge in [0.1, 0.15) is 0 Å². The summed E-state index contributed by atoms with van der Waals surface area (Å²) in [6, 6.07) is 7.25. The Morgan fingerprint density at radius 3 is 3.07 bits per heavy atom. The van der Waals surface area contributed by atoms with Crippen LogP contribution in [-0.2, 0) is 31.4 Å². The minimum atomic E-state index is -0.419. The monoisotopic (exact) mass is 391 g/mol. The Kier molecular flexibility index (Phi) is 5.67. The number of anilines is 1. The molecule has 0 aliphatic carbocycles. The average Bonchev–Trinajstić information content (AvgIpc) is 3.05. The van der Waals surface area contributed by atoms with Crippen molar-refractivity contribution in [3.05, 3.63) is 46.2 Å². The fraction of sp³-hybridized carbons (Fsp3) is 0.389. The van der Waals surface area contributed by atoms with Crippen molar-refractivity contribution < 1.29 is 9.21 Å². The first kappa shape index (κ1) is 19.2. The van der Waals surface area contributed by atoms with Gasteiger partial charge in [0.25, 0.3) is 0 Å². The van der Waals surface area contributed by atoms with Crippen molar-refractivity contribution >= 4 is 35.1 Å². The van der Waals surface area contributed by atoms with E-state index in [1.54, 1.807) is 25.2 Å². The lowest BCUT2D eigenvalue weighted by molar-refractivity contribution is -0.116. The molecule has 0 saturated carbocycles. The zero-order chi connectivity index (χ0) is 18.1. The molecule has 1 aliphatic rings.